The molecule has 2 fully saturated rings. The molecule has 2 N–H and O–H groups in total. The number of urea groups is 1. The van der Waals surface area contributed by atoms with Crippen LogP contribution in [-0.2, 0) is 4.79 Å². The predicted molar refractivity (Wildman–Crippen MR) is 59.6 cm³/mol. The first-order valence-electron chi connectivity index (χ1n) is 6.06. The van der Waals surface area contributed by atoms with Crippen LogP contribution in [0.25, 0.3) is 0 Å². The molecule has 2 heterocycles. The number of carbonyl (C=O) groups is 2. The van der Waals surface area contributed by atoms with E-state index in [9.17, 15) is 14.7 Å². The van der Waals surface area contributed by atoms with Gasteiger partial charge in [-0.05, 0) is 25.7 Å². The summed E-state index contributed by atoms with van der Waals surface area (Å²) in [5, 5.41) is 18.2. The fraction of sp³-hybridized carbons (Fsp3) is 0.818. The van der Waals surface area contributed by atoms with Gasteiger partial charge >= 0.3 is 12.0 Å². The molecule has 96 valence electrons. The van der Waals surface area contributed by atoms with Crippen molar-refractivity contribution in [2.75, 3.05) is 19.7 Å². The lowest BCUT2D eigenvalue weighted by Crippen LogP contribution is -2.50. The van der Waals surface area contributed by atoms with E-state index in [1.165, 1.54) is 4.90 Å². The first kappa shape index (κ1) is 12.2. The van der Waals surface area contributed by atoms with Crippen LogP contribution in [0.2, 0.25) is 0 Å². The highest BCUT2D eigenvalue weighted by atomic mass is 16.4. The van der Waals surface area contributed by atoms with Gasteiger partial charge in [0.15, 0.2) is 0 Å². The number of hydrogen-bond donors (Lipinski definition) is 2. The average Bonchev–Trinajstić information content (AvgIpc) is 2.96. The van der Waals surface area contributed by atoms with Gasteiger partial charge < -0.3 is 20.0 Å². The van der Waals surface area contributed by atoms with Gasteiger partial charge in [-0.25, -0.2) is 9.59 Å². The van der Waals surface area contributed by atoms with Crippen molar-refractivity contribution in [3.63, 3.8) is 0 Å². The summed E-state index contributed by atoms with van der Waals surface area (Å²) in [5.41, 5.74) is 0. The Balaban J connectivity index is 2.06. The van der Waals surface area contributed by atoms with Crippen LogP contribution in [0, 0.1) is 0 Å². The quantitative estimate of drug-likeness (QED) is 0.720. The molecule has 2 aliphatic heterocycles. The predicted octanol–water partition coefficient (Wildman–Crippen LogP) is 0.112. The van der Waals surface area contributed by atoms with Crippen molar-refractivity contribution in [2.24, 2.45) is 0 Å². The van der Waals surface area contributed by atoms with E-state index in [4.69, 9.17) is 5.11 Å². The van der Waals surface area contributed by atoms with Crippen molar-refractivity contribution < 1.29 is 19.8 Å². The van der Waals surface area contributed by atoms with Gasteiger partial charge in [0.2, 0.25) is 0 Å². The lowest BCUT2D eigenvalue weighted by atomic mass is 10.2. The van der Waals surface area contributed by atoms with Crippen LogP contribution in [0.3, 0.4) is 0 Å². The van der Waals surface area contributed by atoms with E-state index >= 15 is 0 Å². The van der Waals surface area contributed by atoms with E-state index in [-0.39, 0.29) is 18.7 Å². The molecule has 2 atom stereocenters. The molecule has 2 unspecified atom stereocenters. The molecule has 0 spiro atoms. The summed E-state index contributed by atoms with van der Waals surface area (Å²) >= 11 is 0. The Bertz CT molecular complexity index is 321. The summed E-state index contributed by atoms with van der Waals surface area (Å²) in [4.78, 5) is 26.3. The summed E-state index contributed by atoms with van der Waals surface area (Å²) < 4.78 is 0. The first-order valence-corrected chi connectivity index (χ1v) is 6.06. The van der Waals surface area contributed by atoms with Crippen molar-refractivity contribution in [3.8, 4) is 0 Å². The Kier molecular flexibility index (Phi) is 3.51. The molecule has 2 rings (SSSR count). The highest BCUT2D eigenvalue weighted by Crippen LogP contribution is 2.24. The molecule has 0 aromatic carbocycles. The van der Waals surface area contributed by atoms with E-state index in [1.54, 1.807) is 4.90 Å². The maximum atomic E-state index is 12.2. The van der Waals surface area contributed by atoms with Gasteiger partial charge in [-0.1, -0.05) is 0 Å². The van der Waals surface area contributed by atoms with E-state index in [0.29, 0.717) is 19.5 Å². The number of aliphatic hydroxyl groups excluding tert-OH is 1. The van der Waals surface area contributed by atoms with E-state index < -0.39 is 12.0 Å². The minimum absolute atomic E-state index is 0.0443. The van der Waals surface area contributed by atoms with Gasteiger partial charge in [-0.3, -0.25) is 0 Å². The third-order valence-electron chi connectivity index (χ3n) is 3.62. The number of hydrogen-bond acceptors (Lipinski definition) is 3. The van der Waals surface area contributed by atoms with Crippen LogP contribution in [0.1, 0.15) is 25.7 Å². The van der Waals surface area contributed by atoms with Crippen LogP contribution in [0.5, 0.6) is 0 Å². The molecule has 6 nitrogen and oxygen atoms in total. The van der Waals surface area contributed by atoms with Crippen molar-refractivity contribution in [1.29, 1.82) is 0 Å². The smallest absolute Gasteiger partial charge is 0.326 e. The van der Waals surface area contributed by atoms with Gasteiger partial charge in [-0.2, -0.15) is 0 Å². The number of likely N-dealkylation sites (tertiary alicyclic amines) is 2. The highest BCUT2D eigenvalue weighted by molar-refractivity contribution is 5.83. The first-order chi connectivity index (χ1) is 8.15. The Morgan fingerprint density at radius 3 is 2.41 bits per heavy atom. The summed E-state index contributed by atoms with van der Waals surface area (Å²) in [7, 11) is 0. The summed E-state index contributed by atoms with van der Waals surface area (Å²) in [6.45, 7) is 1.08. The Morgan fingerprint density at radius 2 is 1.76 bits per heavy atom. The zero-order valence-electron chi connectivity index (χ0n) is 9.71. The zero-order chi connectivity index (χ0) is 12.4. The zero-order valence-corrected chi connectivity index (χ0v) is 9.71. The average molecular weight is 242 g/mol. The Hall–Kier alpha value is -1.30. The summed E-state index contributed by atoms with van der Waals surface area (Å²) in [5.74, 6) is -0.935. The Morgan fingerprint density at radius 1 is 1.12 bits per heavy atom. The third-order valence-corrected chi connectivity index (χ3v) is 3.62. The topological polar surface area (TPSA) is 81.1 Å². The molecule has 2 amide bonds. The number of rotatable bonds is 2. The number of aliphatic hydroxyl groups is 1. The number of nitrogens with zero attached hydrogens (tertiary/aromatic N) is 2. The maximum Gasteiger partial charge on any atom is 0.326 e. The van der Waals surface area contributed by atoms with Crippen molar-refractivity contribution in [3.05, 3.63) is 0 Å². The van der Waals surface area contributed by atoms with Gasteiger partial charge in [0.05, 0.1) is 12.6 Å². The molecule has 17 heavy (non-hydrogen) atoms. The molecular weight excluding hydrogens is 224 g/mol. The minimum atomic E-state index is -0.935. The molecule has 0 aliphatic carbocycles. The maximum absolute atomic E-state index is 12.2. The minimum Gasteiger partial charge on any atom is -0.480 e. The number of carboxylic acid groups (broad SMARTS) is 1. The number of amides is 2. The molecule has 0 aromatic heterocycles. The van der Waals surface area contributed by atoms with Gasteiger partial charge in [0, 0.05) is 13.1 Å². The summed E-state index contributed by atoms with van der Waals surface area (Å²) in [6.07, 6.45) is 2.94. The molecule has 0 aromatic rings. The lowest BCUT2D eigenvalue weighted by molar-refractivity contribution is -0.141. The van der Waals surface area contributed by atoms with Crippen LogP contribution < -0.4 is 0 Å². The fourth-order valence-corrected chi connectivity index (χ4v) is 2.69. The van der Waals surface area contributed by atoms with Gasteiger partial charge in [0.25, 0.3) is 0 Å². The van der Waals surface area contributed by atoms with Crippen LogP contribution >= 0.6 is 0 Å². The Labute approximate surface area is 99.8 Å². The molecule has 2 saturated heterocycles. The molecule has 0 saturated carbocycles. The van der Waals surface area contributed by atoms with Crippen LogP contribution in [-0.4, -0.2) is 63.8 Å². The van der Waals surface area contributed by atoms with Crippen LogP contribution in [0.15, 0.2) is 0 Å². The lowest BCUT2D eigenvalue weighted by Gasteiger charge is -2.30. The third kappa shape index (κ3) is 2.22. The van der Waals surface area contributed by atoms with E-state index in [0.717, 1.165) is 19.3 Å². The van der Waals surface area contributed by atoms with Gasteiger partial charge in [-0.15, -0.1) is 0 Å². The number of carboxylic acids is 1. The SMILES string of the molecule is O=C(O)C1CCCN1C(=O)N1CCCC1CO. The molecule has 0 bridgehead atoms. The van der Waals surface area contributed by atoms with Crippen molar-refractivity contribution in [1.82, 2.24) is 9.80 Å². The van der Waals surface area contributed by atoms with Crippen molar-refractivity contribution >= 4 is 12.0 Å². The molecular formula is C11H18N2O4. The second kappa shape index (κ2) is 4.91. The fourth-order valence-electron chi connectivity index (χ4n) is 2.69. The second-order valence-electron chi connectivity index (χ2n) is 4.64. The van der Waals surface area contributed by atoms with E-state index in [2.05, 4.69) is 0 Å². The number of aliphatic carboxylic acids is 1. The second-order valence-corrected chi connectivity index (χ2v) is 4.64. The normalized spacial score (nSPS) is 28.8. The van der Waals surface area contributed by atoms with Crippen LogP contribution in [0.4, 0.5) is 4.79 Å². The summed E-state index contributed by atoms with van der Waals surface area (Å²) in [6, 6.07) is -1.06. The molecule has 0 radical (unpaired) electrons. The monoisotopic (exact) mass is 242 g/mol. The highest BCUT2D eigenvalue weighted by Gasteiger charge is 2.39. The standard InChI is InChI=1S/C11H18N2O4/c14-7-8-3-1-5-12(8)11(17)13-6-2-4-9(13)10(15)16/h8-9,14H,1-7H2,(H,15,16). The largest absolute Gasteiger partial charge is 0.480 e. The van der Waals surface area contributed by atoms with E-state index in [1.807, 2.05) is 0 Å². The van der Waals surface area contributed by atoms with Gasteiger partial charge in [0.1, 0.15) is 6.04 Å². The molecule has 6 heteroatoms. The molecule has 2 aliphatic rings. The van der Waals surface area contributed by atoms with Crippen molar-refractivity contribution in [2.45, 2.75) is 37.8 Å². The number of carbonyl (C=O) groups excluding carboxylic acids is 1.